The molecule has 0 nitrogen and oxygen atoms in total. The van der Waals surface area contributed by atoms with Crippen LogP contribution in [0.2, 0.25) is 0 Å². The first-order valence-corrected chi connectivity index (χ1v) is 4.70. The molecule has 2 rings (SSSR count). The zero-order valence-corrected chi connectivity index (χ0v) is 7.19. The van der Waals surface area contributed by atoms with Crippen molar-refractivity contribution in [2.75, 3.05) is 0 Å². The van der Waals surface area contributed by atoms with Gasteiger partial charge in [0.25, 0.3) is 0 Å². The summed E-state index contributed by atoms with van der Waals surface area (Å²) in [6.45, 7) is 4.93. The summed E-state index contributed by atoms with van der Waals surface area (Å²) < 4.78 is 0. The molecule has 0 spiro atoms. The van der Waals surface area contributed by atoms with E-state index in [1.54, 1.807) is 0 Å². The topological polar surface area (TPSA) is 0 Å². The minimum atomic E-state index is 0.775. The molecule has 58 valence electrons. The van der Waals surface area contributed by atoms with Crippen LogP contribution in [0.5, 0.6) is 0 Å². The highest BCUT2D eigenvalue weighted by molar-refractivity contribution is 4.92. The van der Waals surface area contributed by atoms with Gasteiger partial charge in [-0.1, -0.05) is 13.8 Å². The van der Waals surface area contributed by atoms with Crippen molar-refractivity contribution in [3.63, 3.8) is 0 Å². The van der Waals surface area contributed by atoms with E-state index in [9.17, 15) is 0 Å². The Balaban J connectivity index is 2.12. The van der Waals surface area contributed by atoms with Crippen molar-refractivity contribution in [1.82, 2.24) is 0 Å². The minimum Gasteiger partial charge on any atom is -0.0622 e. The molecule has 3 unspecified atom stereocenters. The summed E-state index contributed by atoms with van der Waals surface area (Å²) in [5.41, 5.74) is 0.775. The maximum atomic E-state index is 2.48. The molecule has 2 bridgehead atoms. The van der Waals surface area contributed by atoms with Gasteiger partial charge in [-0.2, -0.15) is 0 Å². The van der Waals surface area contributed by atoms with Gasteiger partial charge in [0.1, 0.15) is 0 Å². The van der Waals surface area contributed by atoms with E-state index in [0.717, 1.165) is 17.3 Å². The maximum Gasteiger partial charge on any atom is -0.0323 e. The number of hydrogen-bond donors (Lipinski definition) is 0. The van der Waals surface area contributed by atoms with Gasteiger partial charge in [0, 0.05) is 0 Å². The molecular weight excluding hydrogens is 120 g/mol. The van der Waals surface area contributed by atoms with Crippen LogP contribution in [0.3, 0.4) is 0 Å². The van der Waals surface area contributed by atoms with Crippen LogP contribution in [0.4, 0.5) is 0 Å². The van der Waals surface area contributed by atoms with E-state index >= 15 is 0 Å². The van der Waals surface area contributed by atoms with Gasteiger partial charge < -0.3 is 0 Å². The van der Waals surface area contributed by atoms with Crippen LogP contribution in [-0.4, -0.2) is 0 Å². The second-order valence-electron chi connectivity index (χ2n) is 4.83. The lowest BCUT2D eigenvalue weighted by Crippen LogP contribution is -2.21. The Morgan fingerprint density at radius 1 is 1.20 bits per heavy atom. The van der Waals surface area contributed by atoms with Gasteiger partial charge in [0.2, 0.25) is 0 Å². The Kier molecular flexibility index (Phi) is 1.33. The van der Waals surface area contributed by atoms with Crippen molar-refractivity contribution in [2.24, 2.45) is 17.3 Å². The van der Waals surface area contributed by atoms with E-state index < -0.39 is 0 Å². The molecule has 0 saturated heterocycles. The first-order chi connectivity index (χ1) is 4.70. The molecule has 2 aliphatic rings. The van der Waals surface area contributed by atoms with Gasteiger partial charge in [0.15, 0.2) is 0 Å². The lowest BCUT2D eigenvalue weighted by atomic mass is 9.73. The van der Waals surface area contributed by atoms with Gasteiger partial charge in [-0.3, -0.25) is 0 Å². The van der Waals surface area contributed by atoms with Crippen molar-refractivity contribution in [3.05, 3.63) is 0 Å². The lowest BCUT2D eigenvalue weighted by molar-refractivity contribution is 0.186. The van der Waals surface area contributed by atoms with Crippen LogP contribution in [-0.2, 0) is 0 Å². The Morgan fingerprint density at radius 3 is 2.60 bits per heavy atom. The van der Waals surface area contributed by atoms with E-state index in [2.05, 4.69) is 13.8 Å². The second kappa shape index (κ2) is 1.99. The third-order valence-corrected chi connectivity index (χ3v) is 3.88. The molecule has 2 saturated carbocycles. The van der Waals surface area contributed by atoms with Crippen LogP contribution in [0.25, 0.3) is 0 Å². The monoisotopic (exact) mass is 138 g/mol. The Bertz CT molecular complexity index is 139. The van der Waals surface area contributed by atoms with Crippen LogP contribution >= 0.6 is 0 Å². The highest BCUT2D eigenvalue weighted by Gasteiger charge is 2.41. The lowest BCUT2D eigenvalue weighted by Gasteiger charge is -2.32. The van der Waals surface area contributed by atoms with Crippen molar-refractivity contribution >= 4 is 0 Å². The highest BCUT2D eigenvalue weighted by atomic mass is 14.5. The Hall–Kier alpha value is 0. The molecule has 0 aliphatic heterocycles. The van der Waals surface area contributed by atoms with E-state index in [1.807, 2.05) is 0 Å². The van der Waals surface area contributed by atoms with Crippen molar-refractivity contribution < 1.29 is 0 Å². The van der Waals surface area contributed by atoms with Crippen molar-refractivity contribution in [3.8, 4) is 0 Å². The second-order valence-corrected chi connectivity index (χ2v) is 4.83. The maximum absolute atomic E-state index is 2.48. The number of rotatable bonds is 0. The molecule has 3 atom stereocenters. The van der Waals surface area contributed by atoms with Gasteiger partial charge in [-0.15, -0.1) is 0 Å². The van der Waals surface area contributed by atoms with Gasteiger partial charge in [-0.05, 0) is 49.4 Å². The Labute approximate surface area is 64.0 Å². The van der Waals surface area contributed by atoms with Gasteiger partial charge >= 0.3 is 0 Å². The average molecular weight is 138 g/mol. The third-order valence-electron chi connectivity index (χ3n) is 3.88. The number of hydrogen-bond acceptors (Lipinski definition) is 0. The molecule has 0 heteroatoms. The average Bonchev–Trinajstić information content (AvgIpc) is 2.23. The summed E-state index contributed by atoms with van der Waals surface area (Å²) in [5.74, 6) is 2.13. The predicted molar refractivity (Wildman–Crippen MR) is 43.8 cm³/mol. The van der Waals surface area contributed by atoms with Gasteiger partial charge in [0.05, 0.1) is 0 Å². The molecule has 0 radical (unpaired) electrons. The smallest absolute Gasteiger partial charge is 0.0323 e. The summed E-state index contributed by atoms with van der Waals surface area (Å²) in [7, 11) is 0. The summed E-state index contributed by atoms with van der Waals surface area (Å²) >= 11 is 0. The van der Waals surface area contributed by atoms with Crippen LogP contribution in [0.15, 0.2) is 0 Å². The van der Waals surface area contributed by atoms with Crippen LogP contribution in [0, 0.1) is 17.3 Å². The van der Waals surface area contributed by atoms with Crippen LogP contribution in [0.1, 0.15) is 46.0 Å². The third kappa shape index (κ3) is 0.889. The fourth-order valence-electron chi connectivity index (χ4n) is 2.90. The van der Waals surface area contributed by atoms with E-state index in [0.29, 0.717) is 0 Å². The molecule has 10 heavy (non-hydrogen) atoms. The molecule has 0 aromatic carbocycles. The van der Waals surface area contributed by atoms with Crippen molar-refractivity contribution in [2.45, 2.75) is 46.0 Å². The normalized spacial score (nSPS) is 53.4. The molecule has 0 amide bonds. The van der Waals surface area contributed by atoms with Crippen molar-refractivity contribution in [1.29, 1.82) is 0 Å². The predicted octanol–water partition coefficient (Wildman–Crippen LogP) is 3.22. The van der Waals surface area contributed by atoms with E-state index in [4.69, 9.17) is 0 Å². The summed E-state index contributed by atoms with van der Waals surface area (Å²) in [6.07, 6.45) is 7.58. The van der Waals surface area contributed by atoms with E-state index in [-0.39, 0.29) is 0 Å². The zero-order valence-electron chi connectivity index (χ0n) is 7.19. The first-order valence-electron chi connectivity index (χ1n) is 4.70. The standard InChI is InChI=1S/C10H18/c1-8-3-5-10(2)6-4-9(8)7-10/h8-9H,3-7H2,1-2H3. The van der Waals surface area contributed by atoms with Crippen LogP contribution < -0.4 is 0 Å². The molecule has 2 fully saturated rings. The molecule has 0 aromatic heterocycles. The SMILES string of the molecule is CC1CCC2(C)CCC1C2. The molecule has 0 heterocycles. The largest absolute Gasteiger partial charge is 0.0622 e. The summed E-state index contributed by atoms with van der Waals surface area (Å²) in [4.78, 5) is 0. The fraction of sp³-hybridized carbons (Fsp3) is 1.00. The highest BCUT2D eigenvalue weighted by Crippen LogP contribution is 2.52. The number of fused-ring (bicyclic) bond motifs is 2. The summed E-state index contributed by atoms with van der Waals surface area (Å²) in [5, 5.41) is 0. The molecular formula is C10H18. The first kappa shape index (κ1) is 6.69. The van der Waals surface area contributed by atoms with E-state index in [1.165, 1.54) is 32.1 Å². The van der Waals surface area contributed by atoms with Gasteiger partial charge in [-0.25, -0.2) is 0 Å². The minimum absolute atomic E-state index is 0.775. The summed E-state index contributed by atoms with van der Waals surface area (Å²) in [6, 6.07) is 0. The quantitative estimate of drug-likeness (QED) is 0.482. The fourth-order valence-corrected chi connectivity index (χ4v) is 2.90. The molecule has 0 N–H and O–H groups in total. The Morgan fingerprint density at radius 2 is 1.90 bits per heavy atom. The molecule has 2 aliphatic carbocycles. The zero-order chi connectivity index (χ0) is 7.19. The molecule has 0 aromatic rings.